The van der Waals surface area contributed by atoms with Gasteiger partial charge < -0.3 is 19.8 Å². The fourth-order valence-corrected chi connectivity index (χ4v) is 5.24. The number of esters is 2. The van der Waals surface area contributed by atoms with Crippen molar-refractivity contribution in [2.45, 2.75) is 18.5 Å². The molecule has 194 valence electrons. The molecule has 0 saturated carbocycles. The van der Waals surface area contributed by atoms with Gasteiger partial charge in [0, 0.05) is 27.5 Å². The molecule has 5 rings (SSSR count). The molecule has 0 fully saturated rings. The number of carbonyl (C=O) groups excluding carboxylic acids is 3. The zero-order valence-electron chi connectivity index (χ0n) is 20.5. The first-order valence-electron chi connectivity index (χ1n) is 11.7. The summed E-state index contributed by atoms with van der Waals surface area (Å²) in [7, 11) is 2.57. The molecule has 0 bridgehead atoms. The van der Waals surface area contributed by atoms with Crippen molar-refractivity contribution in [2.75, 3.05) is 19.5 Å². The fourth-order valence-electron chi connectivity index (χ4n) is 4.90. The van der Waals surface area contributed by atoms with Crippen molar-refractivity contribution in [3.8, 4) is 0 Å². The molecular weight excluding hydrogens is 557 g/mol. The number of anilines is 1. The average molecular weight is 580 g/mol. The Balaban J connectivity index is 1.68. The standard InChI is InChI=1S/C28H23BrFN3O5/c1-37-26(34)16-9-7-15(8-10-16)25-24-19(18-5-3-4-6-21(18)31-24)14-23(27(35)38-2)33(25)28(36)32-22-13-17(30)11-12-20(22)29/h3-13,23,25,31H,14H2,1-2H3,(H,32,36). The SMILES string of the molecule is COC(=O)c1ccc(C2c3[nH]c4ccccc4c3CC(C(=O)OC)N2C(=O)Nc2cc(F)ccc2Br)cc1. The van der Waals surface area contributed by atoms with E-state index in [1.807, 2.05) is 24.3 Å². The van der Waals surface area contributed by atoms with Gasteiger partial charge in [0.25, 0.3) is 0 Å². The van der Waals surface area contributed by atoms with Crippen LogP contribution in [0.5, 0.6) is 0 Å². The number of para-hydroxylation sites is 1. The van der Waals surface area contributed by atoms with E-state index in [0.717, 1.165) is 22.2 Å². The van der Waals surface area contributed by atoms with E-state index in [9.17, 15) is 18.8 Å². The molecule has 8 nitrogen and oxygen atoms in total. The summed E-state index contributed by atoms with van der Waals surface area (Å²) < 4.78 is 24.4. The molecule has 2 unspecified atom stereocenters. The Morgan fingerprint density at radius 3 is 2.47 bits per heavy atom. The third-order valence-corrected chi connectivity index (χ3v) is 7.35. The summed E-state index contributed by atoms with van der Waals surface area (Å²) >= 11 is 3.34. The summed E-state index contributed by atoms with van der Waals surface area (Å²) in [6, 6.07) is 15.9. The van der Waals surface area contributed by atoms with Crippen molar-refractivity contribution < 1.29 is 28.2 Å². The summed E-state index contributed by atoms with van der Waals surface area (Å²) in [6.07, 6.45) is 0.209. The van der Waals surface area contributed by atoms with Crippen molar-refractivity contribution in [1.82, 2.24) is 9.88 Å². The predicted molar refractivity (Wildman–Crippen MR) is 142 cm³/mol. The number of rotatable bonds is 4. The normalized spacial score (nSPS) is 16.6. The number of H-pyrrole nitrogens is 1. The highest BCUT2D eigenvalue weighted by Gasteiger charge is 2.44. The largest absolute Gasteiger partial charge is 0.467 e. The summed E-state index contributed by atoms with van der Waals surface area (Å²) in [4.78, 5) is 43.8. The van der Waals surface area contributed by atoms with Crippen LogP contribution in [0.15, 0.2) is 71.2 Å². The highest BCUT2D eigenvalue weighted by atomic mass is 79.9. The average Bonchev–Trinajstić information content (AvgIpc) is 3.31. The number of hydrogen-bond acceptors (Lipinski definition) is 5. The zero-order chi connectivity index (χ0) is 27.0. The number of aromatic nitrogens is 1. The van der Waals surface area contributed by atoms with E-state index in [-0.39, 0.29) is 12.1 Å². The van der Waals surface area contributed by atoms with Gasteiger partial charge in [0.05, 0.1) is 25.5 Å². The molecule has 3 aromatic carbocycles. The maximum atomic E-state index is 14.0. The van der Waals surface area contributed by atoms with Crippen molar-refractivity contribution in [2.24, 2.45) is 0 Å². The van der Waals surface area contributed by atoms with Crippen LogP contribution in [0.4, 0.5) is 14.9 Å². The van der Waals surface area contributed by atoms with Gasteiger partial charge in [0.2, 0.25) is 0 Å². The van der Waals surface area contributed by atoms with Gasteiger partial charge in [-0.1, -0.05) is 30.3 Å². The van der Waals surface area contributed by atoms with Crippen LogP contribution in [0.2, 0.25) is 0 Å². The maximum Gasteiger partial charge on any atom is 0.337 e. The minimum atomic E-state index is -0.982. The maximum absolute atomic E-state index is 14.0. The number of aromatic amines is 1. The van der Waals surface area contributed by atoms with E-state index in [1.54, 1.807) is 24.3 Å². The van der Waals surface area contributed by atoms with Gasteiger partial charge in [0.1, 0.15) is 17.9 Å². The molecule has 1 aliphatic heterocycles. The second kappa shape index (κ2) is 10.3. The summed E-state index contributed by atoms with van der Waals surface area (Å²) in [5, 5.41) is 3.67. The summed E-state index contributed by atoms with van der Waals surface area (Å²) in [6.45, 7) is 0. The van der Waals surface area contributed by atoms with Crippen LogP contribution in [0.25, 0.3) is 10.9 Å². The molecule has 38 heavy (non-hydrogen) atoms. The third kappa shape index (κ3) is 4.51. The molecular formula is C28H23BrFN3O5. The molecule has 2 atom stereocenters. The lowest BCUT2D eigenvalue weighted by Crippen LogP contribution is -2.53. The van der Waals surface area contributed by atoms with Crippen LogP contribution in [-0.2, 0) is 20.7 Å². The number of nitrogens with one attached hydrogen (secondary N) is 2. The van der Waals surface area contributed by atoms with E-state index in [4.69, 9.17) is 9.47 Å². The molecule has 0 spiro atoms. The zero-order valence-corrected chi connectivity index (χ0v) is 22.0. The highest BCUT2D eigenvalue weighted by molar-refractivity contribution is 9.10. The predicted octanol–water partition coefficient (Wildman–Crippen LogP) is 5.58. The minimum absolute atomic E-state index is 0.209. The number of halogens is 2. The van der Waals surface area contributed by atoms with Gasteiger partial charge in [-0.2, -0.15) is 0 Å². The molecule has 2 N–H and O–H groups in total. The van der Waals surface area contributed by atoms with Crippen LogP contribution in [0.1, 0.15) is 33.2 Å². The Morgan fingerprint density at radius 1 is 1.03 bits per heavy atom. The van der Waals surface area contributed by atoms with Gasteiger partial charge in [-0.05, 0) is 63.5 Å². The van der Waals surface area contributed by atoms with Gasteiger partial charge in [-0.3, -0.25) is 4.90 Å². The molecule has 0 saturated heterocycles. The highest BCUT2D eigenvalue weighted by Crippen LogP contribution is 2.42. The van der Waals surface area contributed by atoms with E-state index >= 15 is 0 Å². The molecule has 0 aliphatic carbocycles. The number of methoxy groups -OCH3 is 2. The number of fused-ring (bicyclic) bond motifs is 3. The summed E-state index contributed by atoms with van der Waals surface area (Å²) in [5.74, 6) is -1.62. The molecule has 1 aromatic heterocycles. The van der Waals surface area contributed by atoms with Crippen LogP contribution in [-0.4, -0.2) is 48.1 Å². The van der Waals surface area contributed by atoms with Crippen LogP contribution < -0.4 is 5.32 Å². The fraction of sp³-hybridized carbons (Fsp3) is 0.179. The van der Waals surface area contributed by atoms with Crippen LogP contribution >= 0.6 is 15.9 Å². The first kappa shape index (κ1) is 25.5. The number of amides is 2. The Hall–Kier alpha value is -4.18. The number of urea groups is 1. The van der Waals surface area contributed by atoms with Gasteiger partial charge >= 0.3 is 18.0 Å². The Kier molecular flexibility index (Phi) is 6.90. The topological polar surface area (TPSA) is 101 Å². The smallest absolute Gasteiger partial charge is 0.337 e. The Morgan fingerprint density at radius 2 is 1.76 bits per heavy atom. The monoisotopic (exact) mass is 579 g/mol. The Labute approximate surface area is 225 Å². The van der Waals surface area contributed by atoms with Crippen molar-refractivity contribution in [1.29, 1.82) is 0 Å². The van der Waals surface area contributed by atoms with Gasteiger partial charge in [0.15, 0.2) is 0 Å². The number of carbonyl (C=O) groups is 3. The second-order valence-electron chi connectivity index (χ2n) is 8.78. The summed E-state index contributed by atoms with van der Waals surface area (Å²) in [5.41, 5.74) is 3.66. The lowest BCUT2D eigenvalue weighted by Gasteiger charge is -2.40. The lowest BCUT2D eigenvalue weighted by atomic mass is 9.88. The molecule has 4 aromatic rings. The molecule has 0 radical (unpaired) electrons. The second-order valence-corrected chi connectivity index (χ2v) is 9.64. The number of benzene rings is 3. The van der Waals surface area contributed by atoms with Crippen LogP contribution in [0.3, 0.4) is 0 Å². The Bertz CT molecular complexity index is 1550. The molecule has 2 amide bonds. The number of hydrogen-bond donors (Lipinski definition) is 2. The van der Waals surface area contributed by atoms with Gasteiger partial charge in [-0.25, -0.2) is 18.8 Å². The quantitative estimate of drug-likeness (QED) is 0.307. The van der Waals surface area contributed by atoms with Crippen molar-refractivity contribution >= 4 is 50.5 Å². The van der Waals surface area contributed by atoms with E-state index in [0.29, 0.717) is 15.6 Å². The van der Waals surface area contributed by atoms with E-state index in [2.05, 4.69) is 26.2 Å². The molecule has 10 heteroatoms. The van der Waals surface area contributed by atoms with Gasteiger partial charge in [-0.15, -0.1) is 0 Å². The molecule has 1 aliphatic rings. The van der Waals surface area contributed by atoms with Crippen LogP contribution in [0, 0.1) is 5.82 Å². The van der Waals surface area contributed by atoms with E-state index < -0.39 is 35.9 Å². The lowest BCUT2D eigenvalue weighted by molar-refractivity contribution is -0.146. The number of ether oxygens (including phenoxy) is 2. The molecule has 2 heterocycles. The first-order chi connectivity index (χ1) is 18.3. The number of nitrogens with zero attached hydrogens (tertiary/aromatic N) is 1. The third-order valence-electron chi connectivity index (χ3n) is 6.66. The van der Waals surface area contributed by atoms with E-state index in [1.165, 1.54) is 37.3 Å². The van der Waals surface area contributed by atoms with Crippen molar-refractivity contribution in [3.05, 3.63) is 99.4 Å². The first-order valence-corrected chi connectivity index (χ1v) is 12.5. The minimum Gasteiger partial charge on any atom is -0.467 e. The van der Waals surface area contributed by atoms with Crippen molar-refractivity contribution in [3.63, 3.8) is 0 Å².